The summed E-state index contributed by atoms with van der Waals surface area (Å²) in [6, 6.07) is 8.69. The second kappa shape index (κ2) is 7.54. The lowest BCUT2D eigenvalue weighted by Gasteiger charge is -2.12. The molecule has 2 aromatic carbocycles. The van der Waals surface area contributed by atoms with Crippen LogP contribution in [0.1, 0.15) is 5.69 Å². The first kappa shape index (κ1) is 21.5. The molecule has 1 aromatic heterocycles. The molecule has 12 heteroatoms. The minimum atomic E-state index is -4.98. The molecule has 3 aromatic rings. The van der Waals surface area contributed by atoms with Crippen molar-refractivity contribution in [3.05, 3.63) is 60.0 Å². The number of halogens is 4. The van der Waals surface area contributed by atoms with Gasteiger partial charge in [-0.3, -0.25) is 4.79 Å². The van der Waals surface area contributed by atoms with Crippen molar-refractivity contribution in [3.63, 3.8) is 0 Å². The number of benzene rings is 2. The number of carboxylic acid groups (broad SMARTS) is 1. The molecule has 0 saturated heterocycles. The summed E-state index contributed by atoms with van der Waals surface area (Å²) in [6.45, 7) is -1.07. The zero-order valence-corrected chi connectivity index (χ0v) is 15.7. The number of sulfonamides is 1. The van der Waals surface area contributed by atoms with Gasteiger partial charge in [0.15, 0.2) is 5.69 Å². The molecule has 158 valence electrons. The van der Waals surface area contributed by atoms with Crippen LogP contribution in [0.5, 0.6) is 0 Å². The zero-order valence-electron chi connectivity index (χ0n) is 14.9. The molecule has 0 aliphatic carbocycles. The maximum Gasteiger partial charge on any atom is 0.433 e. The second-order valence-corrected chi connectivity index (χ2v) is 7.76. The number of alkyl halides is 3. The van der Waals surface area contributed by atoms with Crippen molar-refractivity contribution in [2.24, 2.45) is 5.14 Å². The number of rotatable bonds is 5. The molecule has 0 amide bonds. The molecule has 0 saturated carbocycles. The van der Waals surface area contributed by atoms with Gasteiger partial charge in [0.1, 0.15) is 18.1 Å². The van der Waals surface area contributed by atoms with Crippen LogP contribution in [0.3, 0.4) is 0 Å². The number of hydrogen-bond donors (Lipinski definition) is 2. The van der Waals surface area contributed by atoms with Crippen LogP contribution < -0.4 is 5.14 Å². The van der Waals surface area contributed by atoms with Gasteiger partial charge >= 0.3 is 12.1 Å². The fourth-order valence-corrected chi connectivity index (χ4v) is 3.40. The molecule has 7 nitrogen and oxygen atoms in total. The summed E-state index contributed by atoms with van der Waals surface area (Å²) < 4.78 is 78.0. The number of carbonyl (C=O) groups is 1. The predicted molar refractivity (Wildman–Crippen MR) is 97.1 cm³/mol. The monoisotopic (exact) mass is 443 g/mol. The van der Waals surface area contributed by atoms with Gasteiger partial charge in [-0.25, -0.2) is 22.6 Å². The molecule has 3 N–H and O–H groups in total. The Bertz CT molecular complexity index is 1200. The SMILES string of the molecule is NS(=O)(=O)c1ccc(-c2nn(CC(=O)O)c(C(F)(F)F)c2-c2ccc(F)cc2)cc1. The summed E-state index contributed by atoms with van der Waals surface area (Å²) in [6.07, 6.45) is -4.98. The van der Waals surface area contributed by atoms with Crippen LogP contribution in [-0.4, -0.2) is 29.3 Å². The molecule has 0 aliphatic heterocycles. The Hall–Kier alpha value is -3.25. The molecule has 0 unspecified atom stereocenters. The van der Waals surface area contributed by atoms with Crippen LogP contribution in [0, 0.1) is 5.82 Å². The van der Waals surface area contributed by atoms with E-state index in [2.05, 4.69) is 5.10 Å². The van der Waals surface area contributed by atoms with Crippen LogP contribution in [0.25, 0.3) is 22.4 Å². The first-order valence-corrected chi connectivity index (χ1v) is 9.71. The van der Waals surface area contributed by atoms with E-state index in [9.17, 15) is 30.8 Å². The van der Waals surface area contributed by atoms with Gasteiger partial charge in [-0.05, 0) is 29.8 Å². The van der Waals surface area contributed by atoms with Gasteiger partial charge < -0.3 is 5.11 Å². The summed E-state index contributed by atoms with van der Waals surface area (Å²) in [5, 5.41) is 17.8. The summed E-state index contributed by atoms with van der Waals surface area (Å²) in [5.41, 5.74) is -2.02. The van der Waals surface area contributed by atoms with E-state index in [0.29, 0.717) is 4.68 Å². The van der Waals surface area contributed by atoms with Gasteiger partial charge in [0.2, 0.25) is 10.0 Å². The number of nitrogens with zero attached hydrogens (tertiary/aromatic N) is 2. The third-order valence-corrected chi connectivity index (χ3v) is 5.02. The number of carboxylic acids is 1. The number of aliphatic carboxylic acids is 1. The third kappa shape index (κ3) is 4.33. The highest BCUT2D eigenvalue weighted by Gasteiger charge is 2.41. The van der Waals surface area contributed by atoms with Crippen molar-refractivity contribution in [2.75, 3.05) is 0 Å². The average molecular weight is 443 g/mol. The molecule has 0 atom stereocenters. The normalized spacial score (nSPS) is 12.2. The Morgan fingerprint density at radius 1 is 1.03 bits per heavy atom. The number of aromatic nitrogens is 2. The highest BCUT2D eigenvalue weighted by atomic mass is 32.2. The van der Waals surface area contributed by atoms with Crippen molar-refractivity contribution in [1.29, 1.82) is 0 Å². The van der Waals surface area contributed by atoms with Gasteiger partial charge in [-0.2, -0.15) is 18.3 Å². The number of nitrogens with two attached hydrogens (primary N) is 1. The Morgan fingerprint density at radius 3 is 2.03 bits per heavy atom. The number of primary sulfonamides is 1. The maximum atomic E-state index is 13.8. The Morgan fingerprint density at radius 2 is 1.57 bits per heavy atom. The highest BCUT2D eigenvalue weighted by molar-refractivity contribution is 7.89. The van der Waals surface area contributed by atoms with Crippen LogP contribution >= 0.6 is 0 Å². The van der Waals surface area contributed by atoms with E-state index in [4.69, 9.17) is 10.2 Å². The molecular formula is C18H13F4N3O4S. The summed E-state index contributed by atoms with van der Waals surface area (Å²) in [5.74, 6) is -2.23. The molecule has 0 aliphatic rings. The molecular weight excluding hydrogens is 430 g/mol. The van der Waals surface area contributed by atoms with E-state index in [1.807, 2.05) is 0 Å². The van der Waals surface area contributed by atoms with Gasteiger partial charge in [0.05, 0.1) is 4.90 Å². The Balaban J connectivity index is 2.32. The molecule has 0 radical (unpaired) electrons. The van der Waals surface area contributed by atoms with Crippen molar-refractivity contribution in [2.45, 2.75) is 17.6 Å². The smallest absolute Gasteiger partial charge is 0.433 e. The summed E-state index contributed by atoms with van der Waals surface area (Å²) >= 11 is 0. The van der Waals surface area contributed by atoms with E-state index in [-0.39, 0.29) is 21.7 Å². The third-order valence-electron chi connectivity index (χ3n) is 4.10. The van der Waals surface area contributed by atoms with E-state index >= 15 is 0 Å². The molecule has 3 rings (SSSR count). The number of hydrogen-bond acceptors (Lipinski definition) is 4. The Kier molecular flexibility index (Phi) is 5.39. The average Bonchev–Trinajstić information content (AvgIpc) is 3.00. The van der Waals surface area contributed by atoms with Crippen molar-refractivity contribution in [1.82, 2.24) is 9.78 Å². The largest absolute Gasteiger partial charge is 0.480 e. The second-order valence-electron chi connectivity index (χ2n) is 6.20. The van der Waals surface area contributed by atoms with E-state index in [0.717, 1.165) is 36.4 Å². The molecule has 0 spiro atoms. The lowest BCUT2D eigenvalue weighted by Crippen LogP contribution is -2.19. The summed E-state index contributed by atoms with van der Waals surface area (Å²) in [4.78, 5) is 10.8. The van der Waals surface area contributed by atoms with Crippen LogP contribution in [0.2, 0.25) is 0 Å². The van der Waals surface area contributed by atoms with Crippen LogP contribution in [0.4, 0.5) is 17.6 Å². The summed E-state index contributed by atoms with van der Waals surface area (Å²) in [7, 11) is -4.04. The first-order chi connectivity index (χ1) is 13.9. The lowest BCUT2D eigenvalue weighted by atomic mass is 9.98. The zero-order chi connectivity index (χ0) is 22.3. The van der Waals surface area contributed by atoms with E-state index in [1.54, 1.807) is 0 Å². The fraction of sp³-hybridized carbons (Fsp3) is 0.111. The molecule has 30 heavy (non-hydrogen) atoms. The maximum absolute atomic E-state index is 13.8. The van der Waals surface area contributed by atoms with Crippen molar-refractivity contribution in [3.8, 4) is 22.4 Å². The first-order valence-electron chi connectivity index (χ1n) is 8.17. The molecule has 0 fully saturated rings. The van der Waals surface area contributed by atoms with Crippen LogP contribution in [-0.2, 0) is 27.5 Å². The standard InChI is InChI=1S/C18H13F4N3O4S/c19-12-5-1-10(2-6-12)15-16(11-3-7-13(8-4-11)30(23,28)29)24-25(9-14(26)27)17(15)18(20,21)22/h1-8H,9H2,(H,26,27)(H2,23,28,29). The van der Waals surface area contributed by atoms with E-state index in [1.165, 1.54) is 12.1 Å². The van der Waals surface area contributed by atoms with Gasteiger partial charge in [-0.1, -0.05) is 24.3 Å². The van der Waals surface area contributed by atoms with E-state index < -0.39 is 45.8 Å². The predicted octanol–water partition coefficient (Wildman–Crippen LogP) is 3.11. The van der Waals surface area contributed by atoms with Crippen LogP contribution in [0.15, 0.2) is 53.4 Å². The van der Waals surface area contributed by atoms with Gasteiger partial charge in [0, 0.05) is 11.1 Å². The van der Waals surface area contributed by atoms with Gasteiger partial charge in [-0.15, -0.1) is 0 Å². The molecule has 1 heterocycles. The molecule has 0 bridgehead atoms. The highest BCUT2D eigenvalue weighted by Crippen LogP contribution is 2.42. The minimum Gasteiger partial charge on any atom is -0.480 e. The quantitative estimate of drug-likeness (QED) is 0.588. The van der Waals surface area contributed by atoms with Crippen molar-refractivity contribution < 1.29 is 35.9 Å². The van der Waals surface area contributed by atoms with Crippen molar-refractivity contribution >= 4 is 16.0 Å². The fourth-order valence-electron chi connectivity index (χ4n) is 2.89. The van der Waals surface area contributed by atoms with Gasteiger partial charge in [0.25, 0.3) is 0 Å². The Labute approximate surface area is 167 Å². The minimum absolute atomic E-state index is 0.0501. The topological polar surface area (TPSA) is 115 Å². The lowest BCUT2D eigenvalue weighted by molar-refractivity contribution is -0.146.